The molecule has 0 bridgehead atoms. The zero-order chi connectivity index (χ0) is 30.6. The monoisotopic (exact) mass is 569 g/mol. The molecular weight excluding hydrogens is 526 g/mol. The Hall–Kier alpha value is -4.19. The van der Waals surface area contributed by atoms with Crippen molar-refractivity contribution in [1.29, 1.82) is 0 Å². The van der Waals surface area contributed by atoms with Gasteiger partial charge in [0.2, 0.25) is 0 Å². The Morgan fingerprint density at radius 2 is 1.26 bits per heavy atom. The number of esters is 2. The van der Waals surface area contributed by atoms with Gasteiger partial charge in [-0.1, -0.05) is 94.4 Å². The van der Waals surface area contributed by atoms with Crippen LogP contribution in [0.2, 0.25) is 0 Å². The number of ether oxygens (including phenoxy) is 2. The first-order chi connectivity index (χ1) is 20.5. The third-order valence-corrected chi connectivity index (χ3v) is 7.53. The third kappa shape index (κ3) is 7.35. The van der Waals surface area contributed by atoms with Crippen LogP contribution in [0.1, 0.15) is 79.9 Å². The Bertz CT molecular complexity index is 1500. The largest absolute Gasteiger partial charge is 0.469 e. The number of hydrogen-bond acceptors (Lipinski definition) is 5. The molecule has 42 heavy (non-hydrogen) atoms. The summed E-state index contributed by atoms with van der Waals surface area (Å²) in [5.74, 6) is -0.00287. The summed E-state index contributed by atoms with van der Waals surface area (Å²) in [4.78, 5) is 38.3. The van der Waals surface area contributed by atoms with Crippen molar-refractivity contribution in [2.24, 2.45) is 5.92 Å². The molecule has 1 heterocycles. The maximum Gasteiger partial charge on any atom is 0.306 e. The molecule has 6 heteroatoms. The zero-order valence-corrected chi connectivity index (χ0v) is 25.7. The Labute approximate surface area is 249 Å². The van der Waals surface area contributed by atoms with Gasteiger partial charge in [0.1, 0.15) is 0 Å². The van der Waals surface area contributed by atoms with Crippen LogP contribution >= 0.6 is 0 Å². The van der Waals surface area contributed by atoms with Crippen LogP contribution in [0, 0.1) is 5.92 Å². The number of nitrogens with one attached hydrogen (secondary N) is 1. The highest BCUT2D eigenvalue weighted by Gasteiger charge is 2.30. The van der Waals surface area contributed by atoms with E-state index in [0.717, 1.165) is 35.2 Å². The Morgan fingerprint density at radius 1 is 0.714 bits per heavy atom. The molecule has 0 amide bonds. The minimum Gasteiger partial charge on any atom is -0.469 e. The van der Waals surface area contributed by atoms with Gasteiger partial charge < -0.3 is 14.5 Å². The van der Waals surface area contributed by atoms with Gasteiger partial charge in [0.15, 0.2) is 5.78 Å². The summed E-state index contributed by atoms with van der Waals surface area (Å²) in [5, 5.41) is 1.21. The number of benzene rings is 3. The number of Topliss-reactive ketones (excluding diaryl/α,β-unsaturated/α-hetero) is 1. The van der Waals surface area contributed by atoms with Crippen LogP contribution in [0.25, 0.3) is 22.2 Å². The maximum absolute atomic E-state index is 11.8. The predicted molar refractivity (Wildman–Crippen MR) is 169 cm³/mol. The van der Waals surface area contributed by atoms with Crippen LogP contribution < -0.4 is 0 Å². The highest BCUT2D eigenvalue weighted by Crippen LogP contribution is 2.44. The normalized spacial score (nSPS) is 16.0. The van der Waals surface area contributed by atoms with Crippen molar-refractivity contribution < 1.29 is 23.9 Å². The Balaban J connectivity index is 0.000000215. The zero-order valence-electron chi connectivity index (χ0n) is 25.7. The van der Waals surface area contributed by atoms with Gasteiger partial charge >= 0.3 is 11.9 Å². The Morgan fingerprint density at radius 3 is 1.93 bits per heavy atom. The second kappa shape index (κ2) is 15.7. The maximum atomic E-state index is 11.8. The number of carbonyl (C=O) groups is 3. The number of aromatic nitrogens is 1. The fraction of sp³-hybridized carbons (Fsp3) is 0.361. The SMILES string of the molecule is CC.CC.COC(=O)CC1CC(=O)c2ccccc2C1.COC(=O)CC1Cc2ccccc2-c2[nH]c3ccccc3c21. The van der Waals surface area contributed by atoms with Gasteiger partial charge in [-0.05, 0) is 41.5 Å². The van der Waals surface area contributed by atoms with Gasteiger partial charge in [-0.15, -0.1) is 0 Å². The van der Waals surface area contributed by atoms with Crippen LogP contribution in [0.3, 0.4) is 0 Å². The molecule has 4 aromatic rings. The lowest BCUT2D eigenvalue weighted by atomic mass is 9.79. The molecule has 2 aliphatic rings. The van der Waals surface area contributed by atoms with Crippen LogP contribution in [0.5, 0.6) is 0 Å². The third-order valence-electron chi connectivity index (χ3n) is 7.53. The lowest BCUT2D eigenvalue weighted by Crippen LogP contribution is -2.22. The first-order valence-corrected chi connectivity index (χ1v) is 14.9. The fourth-order valence-electron chi connectivity index (χ4n) is 5.76. The summed E-state index contributed by atoms with van der Waals surface area (Å²) in [6, 6.07) is 24.3. The summed E-state index contributed by atoms with van der Waals surface area (Å²) in [5.41, 5.74) is 7.91. The predicted octanol–water partition coefficient (Wildman–Crippen LogP) is 8.08. The molecule has 0 spiro atoms. The minimum absolute atomic E-state index is 0.0925. The average Bonchev–Trinajstić information content (AvgIpc) is 3.44. The number of fused-ring (bicyclic) bond motifs is 6. The lowest BCUT2D eigenvalue weighted by Gasteiger charge is -2.24. The molecule has 0 fully saturated rings. The van der Waals surface area contributed by atoms with Crippen molar-refractivity contribution >= 4 is 28.6 Å². The van der Waals surface area contributed by atoms with E-state index >= 15 is 0 Å². The van der Waals surface area contributed by atoms with Crippen LogP contribution in [0.4, 0.5) is 0 Å². The Kier molecular flexibility index (Phi) is 12.1. The van der Waals surface area contributed by atoms with E-state index in [1.54, 1.807) is 0 Å². The molecule has 3 aromatic carbocycles. The highest BCUT2D eigenvalue weighted by molar-refractivity contribution is 5.99. The molecule has 6 nitrogen and oxygen atoms in total. The molecule has 6 rings (SSSR count). The summed E-state index contributed by atoms with van der Waals surface area (Å²) < 4.78 is 9.52. The summed E-state index contributed by atoms with van der Waals surface area (Å²) in [6.07, 6.45) is 2.86. The van der Waals surface area contributed by atoms with E-state index in [-0.39, 0.29) is 29.6 Å². The molecule has 222 valence electrons. The van der Waals surface area contributed by atoms with Crippen molar-refractivity contribution in [3.63, 3.8) is 0 Å². The number of methoxy groups -OCH3 is 2. The van der Waals surface area contributed by atoms with E-state index in [0.29, 0.717) is 19.3 Å². The lowest BCUT2D eigenvalue weighted by molar-refractivity contribution is -0.142. The number of para-hydroxylation sites is 1. The van der Waals surface area contributed by atoms with Crippen molar-refractivity contribution in [3.8, 4) is 11.3 Å². The number of aromatic amines is 1. The van der Waals surface area contributed by atoms with Gasteiger partial charge in [-0.3, -0.25) is 14.4 Å². The molecular formula is C36H43NO5. The summed E-state index contributed by atoms with van der Waals surface area (Å²) in [6.45, 7) is 8.00. The molecule has 2 unspecified atom stereocenters. The topological polar surface area (TPSA) is 85.5 Å². The van der Waals surface area contributed by atoms with Gasteiger partial charge in [0.05, 0.1) is 26.3 Å². The number of H-pyrrole nitrogens is 1. The minimum atomic E-state index is -0.239. The molecule has 2 atom stereocenters. The van der Waals surface area contributed by atoms with Crippen molar-refractivity contribution in [2.45, 2.75) is 65.7 Å². The van der Waals surface area contributed by atoms with Gasteiger partial charge in [-0.2, -0.15) is 0 Å². The van der Waals surface area contributed by atoms with Gasteiger partial charge in [0.25, 0.3) is 0 Å². The van der Waals surface area contributed by atoms with E-state index in [1.165, 1.54) is 36.3 Å². The van der Waals surface area contributed by atoms with E-state index in [1.807, 2.05) is 64.1 Å². The molecule has 2 aliphatic carbocycles. The molecule has 0 radical (unpaired) electrons. The standard InChI is InChI=1S/C19H17NO2.C13H14O3.2C2H6/c1-22-17(21)11-13-10-12-6-2-3-7-14(12)19-18(13)15-8-4-5-9-16(15)20-19;1-16-13(15)8-9-6-10-4-2-3-5-11(10)12(14)7-9;2*1-2/h2-9,13,20H,10-11H2,1H3;2-5,9H,6-8H2,1H3;2*1-2H3. The average molecular weight is 570 g/mol. The van der Waals surface area contributed by atoms with Crippen LogP contribution in [-0.2, 0) is 31.9 Å². The van der Waals surface area contributed by atoms with Gasteiger partial charge in [-0.25, -0.2) is 0 Å². The van der Waals surface area contributed by atoms with Gasteiger partial charge in [0, 0.05) is 40.8 Å². The molecule has 1 aromatic heterocycles. The summed E-state index contributed by atoms with van der Waals surface area (Å²) >= 11 is 0. The smallest absolute Gasteiger partial charge is 0.306 e. The quantitative estimate of drug-likeness (QED) is 0.251. The summed E-state index contributed by atoms with van der Waals surface area (Å²) in [7, 11) is 2.83. The fourth-order valence-corrected chi connectivity index (χ4v) is 5.76. The van der Waals surface area contributed by atoms with Crippen molar-refractivity contribution in [2.75, 3.05) is 14.2 Å². The van der Waals surface area contributed by atoms with E-state index in [9.17, 15) is 14.4 Å². The molecule has 0 saturated carbocycles. The van der Waals surface area contributed by atoms with Crippen LogP contribution in [-0.4, -0.2) is 36.9 Å². The number of rotatable bonds is 4. The van der Waals surface area contributed by atoms with E-state index in [2.05, 4.69) is 46.1 Å². The number of ketones is 1. The first kappa shape index (κ1) is 32.3. The number of carbonyl (C=O) groups excluding carboxylic acids is 3. The van der Waals surface area contributed by atoms with E-state index < -0.39 is 0 Å². The van der Waals surface area contributed by atoms with Crippen LogP contribution in [0.15, 0.2) is 72.8 Å². The molecule has 1 N–H and O–H groups in total. The molecule has 0 aliphatic heterocycles. The van der Waals surface area contributed by atoms with Crippen molar-refractivity contribution in [3.05, 3.63) is 95.1 Å². The number of hydrogen-bond donors (Lipinski definition) is 1. The van der Waals surface area contributed by atoms with Crippen molar-refractivity contribution in [1.82, 2.24) is 4.98 Å². The highest BCUT2D eigenvalue weighted by atomic mass is 16.5. The first-order valence-electron chi connectivity index (χ1n) is 14.9. The second-order valence-electron chi connectivity index (χ2n) is 9.93. The second-order valence-corrected chi connectivity index (χ2v) is 9.93. The van der Waals surface area contributed by atoms with E-state index in [4.69, 9.17) is 4.74 Å². The molecule has 0 saturated heterocycles.